The Morgan fingerprint density at radius 2 is 2.12 bits per heavy atom. The zero-order valence-corrected chi connectivity index (χ0v) is 11.7. The van der Waals surface area contributed by atoms with Gasteiger partial charge in [0, 0.05) is 6.54 Å². The van der Waals surface area contributed by atoms with Crippen molar-refractivity contribution in [3.05, 3.63) is 24.3 Å². The summed E-state index contributed by atoms with van der Waals surface area (Å²) in [6, 6.07) is 8.28. The van der Waals surface area contributed by atoms with Gasteiger partial charge < -0.3 is 5.32 Å². The molecule has 1 aromatic carbocycles. The Bertz CT molecular complexity index is 420. The standard InChI is InChI=1S/C13H18N2S2/c1-16-10-6-2-5-9-14-13-15-11-7-3-4-8-12(11)17-13/h3-4,7-8H,2,5-6,9-10H2,1H3,(H,14,15). The summed E-state index contributed by atoms with van der Waals surface area (Å²) in [7, 11) is 0. The first-order valence-corrected chi connectivity index (χ1v) is 8.19. The van der Waals surface area contributed by atoms with Crippen molar-refractivity contribution < 1.29 is 0 Å². The summed E-state index contributed by atoms with van der Waals surface area (Å²) in [5.74, 6) is 1.28. The predicted molar refractivity (Wildman–Crippen MR) is 80.3 cm³/mol. The zero-order chi connectivity index (χ0) is 11.9. The fraction of sp³-hybridized carbons (Fsp3) is 0.462. The van der Waals surface area contributed by atoms with Gasteiger partial charge in [0.1, 0.15) is 0 Å². The molecule has 0 spiro atoms. The van der Waals surface area contributed by atoms with Crippen LogP contribution in [-0.4, -0.2) is 23.5 Å². The third kappa shape index (κ3) is 3.89. The van der Waals surface area contributed by atoms with Crippen LogP contribution in [0.5, 0.6) is 0 Å². The number of hydrogen-bond donors (Lipinski definition) is 1. The van der Waals surface area contributed by atoms with Gasteiger partial charge in [-0.2, -0.15) is 11.8 Å². The van der Waals surface area contributed by atoms with Gasteiger partial charge in [0.2, 0.25) is 0 Å². The highest BCUT2D eigenvalue weighted by Gasteiger charge is 2.01. The van der Waals surface area contributed by atoms with E-state index in [-0.39, 0.29) is 0 Å². The second-order valence-corrected chi connectivity index (χ2v) is 5.98. The van der Waals surface area contributed by atoms with Crippen molar-refractivity contribution in [1.29, 1.82) is 0 Å². The largest absolute Gasteiger partial charge is 0.361 e. The summed E-state index contributed by atoms with van der Waals surface area (Å²) in [6.45, 7) is 1.04. The number of nitrogens with zero attached hydrogens (tertiary/aromatic N) is 1. The van der Waals surface area contributed by atoms with E-state index in [0.717, 1.165) is 17.2 Å². The van der Waals surface area contributed by atoms with Crippen LogP contribution in [0.1, 0.15) is 19.3 Å². The molecule has 1 aromatic heterocycles. The van der Waals surface area contributed by atoms with Crippen LogP contribution in [0.3, 0.4) is 0 Å². The van der Waals surface area contributed by atoms with E-state index in [1.807, 2.05) is 17.8 Å². The molecule has 0 amide bonds. The monoisotopic (exact) mass is 266 g/mol. The fourth-order valence-electron chi connectivity index (χ4n) is 1.69. The van der Waals surface area contributed by atoms with Gasteiger partial charge in [-0.3, -0.25) is 0 Å². The molecule has 0 radical (unpaired) electrons. The maximum absolute atomic E-state index is 4.55. The van der Waals surface area contributed by atoms with Gasteiger partial charge in [-0.1, -0.05) is 29.9 Å². The van der Waals surface area contributed by atoms with Gasteiger partial charge in [-0.15, -0.1) is 0 Å². The smallest absolute Gasteiger partial charge is 0.183 e. The van der Waals surface area contributed by atoms with Crippen LogP contribution in [0.4, 0.5) is 5.13 Å². The Labute approximate surface area is 111 Å². The maximum atomic E-state index is 4.55. The van der Waals surface area contributed by atoms with Crippen LogP contribution in [0.2, 0.25) is 0 Å². The highest BCUT2D eigenvalue weighted by Crippen LogP contribution is 2.25. The SMILES string of the molecule is CSCCCCCNc1nc2ccccc2s1. The van der Waals surface area contributed by atoms with Crippen molar-refractivity contribution in [2.75, 3.05) is 23.9 Å². The van der Waals surface area contributed by atoms with Gasteiger partial charge in [0.15, 0.2) is 5.13 Å². The lowest BCUT2D eigenvalue weighted by Gasteiger charge is -2.01. The first-order valence-electron chi connectivity index (χ1n) is 5.98. The maximum Gasteiger partial charge on any atom is 0.183 e. The molecule has 0 bridgehead atoms. The summed E-state index contributed by atoms with van der Waals surface area (Å²) in [5, 5.41) is 4.46. The highest BCUT2D eigenvalue weighted by molar-refractivity contribution is 7.98. The molecule has 0 aliphatic carbocycles. The predicted octanol–water partition coefficient (Wildman–Crippen LogP) is 4.24. The lowest BCUT2D eigenvalue weighted by Crippen LogP contribution is -2.00. The number of unbranched alkanes of at least 4 members (excludes halogenated alkanes) is 2. The Morgan fingerprint density at radius 3 is 2.94 bits per heavy atom. The van der Waals surface area contributed by atoms with E-state index < -0.39 is 0 Å². The molecule has 0 aliphatic heterocycles. The van der Waals surface area contributed by atoms with Crippen molar-refractivity contribution in [2.45, 2.75) is 19.3 Å². The van der Waals surface area contributed by atoms with Crippen molar-refractivity contribution >= 4 is 38.4 Å². The molecule has 0 aliphatic rings. The van der Waals surface area contributed by atoms with Crippen LogP contribution in [0, 0.1) is 0 Å². The molecule has 1 N–H and O–H groups in total. The zero-order valence-electron chi connectivity index (χ0n) is 10.1. The number of anilines is 1. The summed E-state index contributed by atoms with van der Waals surface area (Å²) in [5.41, 5.74) is 1.10. The number of aromatic nitrogens is 1. The molecule has 2 aromatic rings. The third-order valence-corrected chi connectivity index (χ3v) is 4.29. The Hall–Kier alpha value is -0.740. The second kappa shape index (κ2) is 6.87. The summed E-state index contributed by atoms with van der Waals surface area (Å²) < 4.78 is 1.26. The van der Waals surface area contributed by atoms with Crippen molar-refractivity contribution in [2.24, 2.45) is 0 Å². The number of fused-ring (bicyclic) bond motifs is 1. The van der Waals surface area contributed by atoms with Gasteiger partial charge in [0.25, 0.3) is 0 Å². The first-order chi connectivity index (χ1) is 8.40. The first kappa shape index (κ1) is 12.7. The van der Waals surface area contributed by atoms with E-state index in [4.69, 9.17) is 0 Å². The van der Waals surface area contributed by atoms with E-state index in [9.17, 15) is 0 Å². The molecule has 0 atom stereocenters. The van der Waals surface area contributed by atoms with E-state index in [1.165, 1.54) is 29.7 Å². The normalized spacial score (nSPS) is 10.9. The van der Waals surface area contributed by atoms with E-state index >= 15 is 0 Å². The topological polar surface area (TPSA) is 24.9 Å². The molecule has 0 unspecified atom stereocenters. The summed E-state index contributed by atoms with van der Waals surface area (Å²) in [6.07, 6.45) is 6.03. The van der Waals surface area contributed by atoms with Gasteiger partial charge in [-0.25, -0.2) is 4.98 Å². The number of hydrogen-bond acceptors (Lipinski definition) is 4. The molecule has 17 heavy (non-hydrogen) atoms. The number of para-hydroxylation sites is 1. The molecule has 0 fully saturated rings. The molecule has 0 saturated carbocycles. The fourth-order valence-corrected chi connectivity index (χ4v) is 3.08. The average molecular weight is 266 g/mol. The highest BCUT2D eigenvalue weighted by atomic mass is 32.2. The number of rotatable bonds is 7. The number of benzene rings is 1. The Morgan fingerprint density at radius 1 is 1.24 bits per heavy atom. The lowest BCUT2D eigenvalue weighted by atomic mass is 10.2. The third-order valence-electron chi connectivity index (χ3n) is 2.60. The van der Waals surface area contributed by atoms with Crippen molar-refractivity contribution in [3.8, 4) is 0 Å². The van der Waals surface area contributed by atoms with Gasteiger partial charge in [-0.05, 0) is 37.0 Å². The molecule has 2 rings (SSSR count). The minimum absolute atomic E-state index is 1.04. The number of thioether (sulfide) groups is 1. The minimum Gasteiger partial charge on any atom is -0.361 e. The average Bonchev–Trinajstić information content (AvgIpc) is 2.76. The summed E-state index contributed by atoms with van der Waals surface area (Å²) in [4.78, 5) is 4.55. The van der Waals surface area contributed by atoms with E-state index in [0.29, 0.717) is 0 Å². The van der Waals surface area contributed by atoms with E-state index in [2.05, 4.69) is 34.8 Å². The van der Waals surface area contributed by atoms with Crippen LogP contribution in [0.15, 0.2) is 24.3 Å². The Balaban J connectivity index is 1.75. The van der Waals surface area contributed by atoms with Gasteiger partial charge >= 0.3 is 0 Å². The van der Waals surface area contributed by atoms with Crippen LogP contribution in [-0.2, 0) is 0 Å². The van der Waals surface area contributed by atoms with Crippen LogP contribution < -0.4 is 5.32 Å². The molecular formula is C13H18N2S2. The van der Waals surface area contributed by atoms with Gasteiger partial charge in [0.05, 0.1) is 10.2 Å². The lowest BCUT2D eigenvalue weighted by molar-refractivity contribution is 0.749. The molecular weight excluding hydrogens is 248 g/mol. The molecule has 92 valence electrons. The molecule has 1 heterocycles. The quantitative estimate of drug-likeness (QED) is 0.759. The van der Waals surface area contributed by atoms with E-state index in [1.54, 1.807) is 11.3 Å². The number of thiazole rings is 1. The van der Waals surface area contributed by atoms with Crippen molar-refractivity contribution in [1.82, 2.24) is 4.98 Å². The van der Waals surface area contributed by atoms with Crippen LogP contribution in [0.25, 0.3) is 10.2 Å². The number of nitrogens with one attached hydrogen (secondary N) is 1. The van der Waals surface area contributed by atoms with Crippen molar-refractivity contribution in [3.63, 3.8) is 0 Å². The summed E-state index contributed by atoms with van der Waals surface area (Å²) >= 11 is 3.67. The molecule has 0 saturated heterocycles. The molecule has 4 heteroatoms. The molecule has 2 nitrogen and oxygen atoms in total. The minimum atomic E-state index is 1.04. The Kier molecular flexibility index (Phi) is 5.13. The van der Waals surface area contributed by atoms with Crippen LogP contribution >= 0.6 is 23.1 Å². The second-order valence-electron chi connectivity index (χ2n) is 3.97.